The van der Waals surface area contributed by atoms with Gasteiger partial charge < -0.3 is 0 Å². The molecule has 0 radical (unpaired) electrons. The first-order valence-corrected chi connectivity index (χ1v) is 5.07. The maximum Gasteiger partial charge on any atom is 0.0698 e. The Bertz CT molecular complexity index is 418. The molecule has 0 bridgehead atoms. The number of nitrogens with one attached hydrogen (secondary N) is 1. The summed E-state index contributed by atoms with van der Waals surface area (Å²) >= 11 is 0. The first-order valence-electron chi connectivity index (χ1n) is 5.07. The van der Waals surface area contributed by atoms with Gasteiger partial charge in [0.15, 0.2) is 0 Å². The van der Waals surface area contributed by atoms with Crippen LogP contribution in [-0.2, 0) is 11.4 Å². The molecule has 0 saturated carbocycles. The minimum Gasteiger partial charge on any atom is -0.235 e. The zero-order valence-electron chi connectivity index (χ0n) is 10.0. The molecule has 0 unspecified atom stereocenters. The molecule has 1 aromatic carbocycles. The molecule has 0 amide bonds. The molecule has 0 aliphatic rings. The second-order valence-corrected chi connectivity index (χ2v) is 3.88. The molecule has 1 rings (SSSR count). The molecule has 4 heteroatoms. The lowest BCUT2D eigenvalue weighted by Crippen LogP contribution is -2.07. The third-order valence-corrected chi connectivity index (χ3v) is 3.18. The van der Waals surface area contributed by atoms with E-state index < -0.39 is 0 Å². The summed E-state index contributed by atoms with van der Waals surface area (Å²) in [4.78, 5) is 3.98. The van der Waals surface area contributed by atoms with E-state index in [4.69, 9.17) is 10.5 Å². The Labute approximate surface area is 95.4 Å². The van der Waals surface area contributed by atoms with E-state index in [-0.39, 0.29) is 0 Å². The Balaban J connectivity index is 3.44. The van der Waals surface area contributed by atoms with Crippen LogP contribution in [0.3, 0.4) is 0 Å². The summed E-state index contributed by atoms with van der Waals surface area (Å²) in [5.41, 5.74) is 8.38. The van der Waals surface area contributed by atoms with Crippen molar-refractivity contribution in [2.24, 2.45) is 0 Å². The van der Waals surface area contributed by atoms with E-state index in [1.54, 1.807) is 0 Å². The molecule has 86 valence electrons. The lowest BCUT2D eigenvalue weighted by molar-refractivity contribution is -0.215. The van der Waals surface area contributed by atoms with Crippen LogP contribution in [0, 0.1) is 39.0 Å². The van der Waals surface area contributed by atoms with Gasteiger partial charge in [0.25, 0.3) is 0 Å². The van der Waals surface area contributed by atoms with Gasteiger partial charge in [-0.05, 0) is 55.5 Å². The molecule has 1 aromatic rings. The molecule has 4 nitrogen and oxygen atoms in total. The number of hydrogen-bond donors (Lipinski definition) is 2. The van der Waals surface area contributed by atoms with Gasteiger partial charge in [-0.2, -0.15) is 5.26 Å². The van der Waals surface area contributed by atoms with E-state index in [1.807, 2.05) is 27.7 Å². The molecule has 0 heterocycles. The second-order valence-electron chi connectivity index (χ2n) is 3.88. The topological polar surface area (TPSA) is 65.3 Å². The van der Waals surface area contributed by atoms with Crippen LogP contribution >= 0.6 is 0 Å². The predicted molar refractivity (Wildman–Crippen MR) is 62.0 cm³/mol. The maximum atomic E-state index is 8.79. The fourth-order valence-electron chi connectivity index (χ4n) is 1.93. The summed E-state index contributed by atoms with van der Waals surface area (Å²) in [6, 6.07) is 2.17. The Morgan fingerprint density at radius 3 is 2.00 bits per heavy atom. The van der Waals surface area contributed by atoms with Crippen molar-refractivity contribution in [3.8, 4) is 6.07 Å². The van der Waals surface area contributed by atoms with Crippen molar-refractivity contribution in [3.63, 3.8) is 0 Å². The fraction of sp³-hybridized carbons (Fsp3) is 0.417. The van der Waals surface area contributed by atoms with Crippen molar-refractivity contribution in [2.45, 2.75) is 34.1 Å². The highest BCUT2D eigenvalue weighted by Crippen LogP contribution is 2.30. The lowest BCUT2D eigenvalue weighted by Gasteiger charge is -2.18. The van der Waals surface area contributed by atoms with Gasteiger partial charge in [0.05, 0.1) is 18.2 Å². The highest BCUT2D eigenvalue weighted by molar-refractivity contribution is 5.64. The molecule has 0 saturated heterocycles. The Kier molecular flexibility index (Phi) is 3.88. The summed E-state index contributed by atoms with van der Waals surface area (Å²) in [5, 5.41) is 17.3. The SMILES string of the molecule is Cc1c(C)c(NOO)c(C)c(C)c1CC#N. The molecule has 0 spiro atoms. The monoisotopic (exact) mass is 220 g/mol. The number of nitrogens with zero attached hydrogens (tertiary/aromatic N) is 1. The van der Waals surface area contributed by atoms with Crippen LogP contribution in [0.1, 0.15) is 27.8 Å². The molecule has 0 aromatic heterocycles. The molecule has 2 N–H and O–H groups in total. The van der Waals surface area contributed by atoms with E-state index in [0.29, 0.717) is 6.42 Å². The fourth-order valence-corrected chi connectivity index (χ4v) is 1.93. The lowest BCUT2D eigenvalue weighted by atomic mass is 9.91. The number of hydrogen-bond acceptors (Lipinski definition) is 4. The van der Waals surface area contributed by atoms with Gasteiger partial charge in [0.2, 0.25) is 0 Å². The largest absolute Gasteiger partial charge is 0.235 e. The van der Waals surface area contributed by atoms with Gasteiger partial charge in [0.1, 0.15) is 0 Å². The van der Waals surface area contributed by atoms with Crippen LogP contribution in [0.25, 0.3) is 0 Å². The van der Waals surface area contributed by atoms with Crippen molar-refractivity contribution < 1.29 is 10.2 Å². The summed E-state index contributed by atoms with van der Waals surface area (Å²) < 4.78 is 0. The van der Waals surface area contributed by atoms with Gasteiger partial charge in [0, 0.05) is 0 Å². The number of anilines is 1. The van der Waals surface area contributed by atoms with Crippen molar-refractivity contribution >= 4 is 5.69 Å². The molecular weight excluding hydrogens is 204 g/mol. The molecule has 0 aliphatic carbocycles. The minimum absolute atomic E-state index is 0.402. The van der Waals surface area contributed by atoms with Crippen LogP contribution in [0.15, 0.2) is 0 Å². The zero-order chi connectivity index (χ0) is 12.3. The van der Waals surface area contributed by atoms with E-state index >= 15 is 0 Å². The molecule has 0 fully saturated rings. The van der Waals surface area contributed by atoms with Crippen molar-refractivity contribution in [3.05, 3.63) is 27.8 Å². The van der Waals surface area contributed by atoms with Crippen LogP contribution in [0.5, 0.6) is 0 Å². The van der Waals surface area contributed by atoms with Crippen LogP contribution in [-0.4, -0.2) is 5.26 Å². The summed E-state index contributed by atoms with van der Waals surface area (Å²) in [6.07, 6.45) is 0.402. The Hall–Kier alpha value is -1.57. The molecule has 0 aliphatic heterocycles. The first-order chi connectivity index (χ1) is 7.54. The van der Waals surface area contributed by atoms with Crippen LogP contribution in [0.2, 0.25) is 0 Å². The minimum atomic E-state index is 0.402. The maximum absolute atomic E-state index is 8.79. The van der Waals surface area contributed by atoms with Gasteiger partial charge in [-0.25, -0.2) is 10.7 Å². The quantitative estimate of drug-likeness (QED) is 0.607. The van der Waals surface area contributed by atoms with Crippen molar-refractivity contribution in [1.82, 2.24) is 0 Å². The van der Waals surface area contributed by atoms with E-state index in [0.717, 1.165) is 33.5 Å². The standard InChI is InChI=1S/C12H16N2O2/c1-7-9(3)12(14-16-15)10(4)8(2)11(7)5-6-13/h14-15H,5H2,1-4H3. The van der Waals surface area contributed by atoms with E-state index in [2.05, 4.69) is 16.5 Å². The third-order valence-electron chi connectivity index (χ3n) is 3.18. The molecular formula is C12H16N2O2. The summed E-state index contributed by atoms with van der Waals surface area (Å²) in [5.74, 6) is 0. The summed E-state index contributed by atoms with van der Waals surface area (Å²) in [6.45, 7) is 7.81. The normalized spacial score (nSPS) is 10.0. The van der Waals surface area contributed by atoms with Gasteiger partial charge in [-0.15, -0.1) is 4.99 Å². The van der Waals surface area contributed by atoms with E-state index in [9.17, 15) is 0 Å². The van der Waals surface area contributed by atoms with Crippen molar-refractivity contribution in [2.75, 3.05) is 5.48 Å². The molecule has 16 heavy (non-hydrogen) atoms. The average molecular weight is 220 g/mol. The average Bonchev–Trinajstić information content (AvgIpc) is 2.28. The van der Waals surface area contributed by atoms with Gasteiger partial charge in [-0.3, -0.25) is 0 Å². The van der Waals surface area contributed by atoms with Crippen LogP contribution < -0.4 is 5.48 Å². The summed E-state index contributed by atoms with van der Waals surface area (Å²) in [7, 11) is 0. The molecule has 0 atom stereocenters. The second kappa shape index (κ2) is 4.97. The Morgan fingerprint density at radius 1 is 1.12 bits per heavy atom. The third kappa shape index (κ3) is 2.01. The zero-order valence-corrected chi connectivity index (χ0v) is 10.0. The highest BCUT2D eigenvalue weighted by Gasteiger charge is 2.14. The van der Waals surface area contributed by atoms with Gasteiger partial charge >= 0.3 is 0 Å². The number of nitriles is 1. The first kappa shape index (κ1) is 12.5. The highest BCUT2D eigenvalue weighted by atomic mass is 17.2. The van der Waals surface area contributed by atoms with Crippen LogP contribution in [0.4, 0.5) is 5.69 Å². The Morgan fingerprint density at radius 2 is 1.62 bits per heavy atom. The number of rotatable bonds is 3. The van der Waals surface area contributed by atoms with Crippen molar-refractivity contribution in [1.29, 1.82) is 5.26 Å². The smallest absolute Gasteiger partial charge is 0.0698 e. The number of benzene rings is 1. The van der Waals surface area contributed by atoms with E-state index in [1.165, 1.54) is 0 Å². The predicted octanol–water partition coefficient (Wildman–Crippen LogP) is 2.80. The van der Waals surface area contributed by atoms with Gasteiger partial charge in [-0.1, -0.05) is 0 Å².